The number of rotatable bonds is 2. The molecule has 2 N–H and O–H groups in total. The summed E-state index contributed by atoms with van der Waals surface area (Å²) in [7, 11) is 3.17. The molecular formula is C17H22BrNO3. The second-order valence-electron chi connectivity index (χ2n) is 6.49. The topological polar surface area (TPSA) is 61.5 Å². The summed E-state index contributed by atoms with van der Waals surface area (Å²) in [6, 6.07) is 6.06. The van der Waals surface area contributed by atoms with Crippen LogP contribution in [0.5, 0.6) is 0 Å². The molecular weight excluding hydrogens is 346 g/mol. The summed E-state index contributed by atoms with van der Waals surface area (Å²) < 4.78 is 11.5. The third-order valence-electron chi connectivity index (χ3n) is 5.59. The van der Waals surface area contributed by atoms with Crippen LogP contribution >= 0.6 is 15.9 Å². The zero-order valence-corrected chi connectivity index (χ0v) is 14.6. The van der Waals surface area contributed by atoms with Crippen LogP contribution in [0.1, 0.15) is 36.8 Å². The van der Waals surface area contributed by atoms with Crippen molar-refractivity contribution in [3.63, 3.8) is 0 Å². The molecule has 1 atom stereocenters. The average molecular weight is 368 g/mol. The van der Waals surface area contributed by atoms with Gasteiger partial charge in [-0.3, -0.25) is 0 Å². The predicted octanol–water partition coefficient (Wildman–Crippen LogP) is 2.91. The molecule has 1 fully saturated rings. The minimum atomic E-state index is -1.07. The van der Waals surface area contributed by atoms with Crippen LogP contribution < -0.4 is 5.73 Å². The molecule has 0 saturated heterocycles. The Hall–Kier alpha value is -0.910. The van der Waals surface area contributed by atoms with Crippen molar-refractivity contribution >= 4 is 21.9 Å². The number of halogens is 1. The Kier molecular flexibility index (Phi) is 4.08. The lowest BCUT2D eigenvalue weighted by atomic mass is 9.62. The molecule has 0 bridgehead atoms. The highest BCUT2D eigenvalue weighted by molar-refractivity contribution is 9.10. The van der Waals surface area contributed by atoms with E-state index in [2.05, 4.69) is 22.0 Å². The van der Waals surface area contributed by atoms with E-state index in [1.807, 2.05) is 12.1 Å². The van der Waals surface area contributed by atoms with Crippen LogP contribution in [-0.2, 0) is 26.2 Å². The summed E-state index contributed by atoms with van der Waals surface area (Å²) >= 11 is 3.49. The summed E-state index contributed by atoms with van der Waals surface area (Å²) in [5.74, 6) is -0.333. The van der Waals surface area contributed by atoms with E-state index in [-0.39, 0.29) is 17.5 Å². The highest BCUT2D eigenvalue weighted by Gasteiger charge is 2.61. The number of carbonyl (C=O) groups is 1. The molecule has 1 unspecified atom stereocenters. The molecule has 1 aromatic rings. The second-order valence-corrected chi connectivity index (χ2v) is 7.41. The lowest BCUT2D eigenvalue weighted by Gasteiger charge is -2.46. The van der Waals surface area contributed by atoms with E-state index in [1.165, 1.54) is 7.11 Å². The Morgan fingerprint density at radius 1 is 1.32 bits per heavy atom. The van der Waals surface area contributed by atoms with E-state index < -0.39 is 5.54 Å². The number of carbonyl (C=O) groups excluding carboxylic acids is 1. The summed E-state index contributed by atoms with van der Waals surface area (Å²) in [5.41, 5.74) is 7.48. The number of esters is 1. The highest BCUT2D eigenvalue weighted by Crippen LogP contribution is 2.57. The van der Waals surface area contributed by atoms with Crippen molar-refractivity contribution < 1.29 is 14.3 Å². The number of nitrogens with two attached hydrogens (primary N) is 1. The first-order valence-corrected chi connectivity index (χ1v) is 8.45. The van der Waals surface area contributed by atoms with E-state index in [4.69, 9.17) is 15.2 Å². The number of methoxy groups -OCH3 is 2. The van der Waals surface area contributed by atoms with Crippen molar-refractivity contribution in [2.24, 2.45) is 11.1 Å². The van der Waals surface area contributed by atoms with Crippen molar-refractivity contribution in [1.29, 1.82) is 0 Å². The van der Waals surface area contributed by atoms with Gasteiger partial charge in [0.05, 0.1) is 13.2 Å². The van der Waals surface area contributed by atoms with Crippen LogP contribution in [0.2, 0.25) is 0 Å². The minimum absolute atomic E-state index is 0.266. The standard InChI is InChI=1S/C17H22BrNO3/c1-21-13-5-7-16(8-6-13)10-11-3-4-12(18)9-14(11)17(16,19)15(20)22-2/h3-4,9,13H,5-8,10,19H2,1-2H3. The highest BCUT2D eigenvalue weighted by atomic mass is 79.9. The van der Waals surface area contributed by atoms with Gasteiger partial charge in [0, 0.05) is 17.0 Å². The van der Waals surface area contributed by atoms with Gasteiger partial charge in [-0.2, -0.15) is 0 Å². The fraction of sp³-hybridized carbons (Fsp3) is 0.588. The van der Waals surface area contributed by atoms with Gasteiger partial charge in [0.25, 0.3) is 0 Å². The number of ether oxygens (including phenoxy) is 2. The Balaban J connectivity index is 2.07. The van der Waals surface area contributed by atoms with Crippen molar-refractivity contribution in [3.8, 4) is 0 Å². The van der Waals surface area contributed by atoms with Gasteiger partial charge in [0.15, 0.2) is 0 Å². The molecule has 4 nitrogen and oxygen atoms in total. The smallest absolute Gasteiger partial charge is 0.331 e. The molecule has 1 aromatic carbocycles. The first-order valence-electron chi connectivity index (χ1n) is 7.66. The summed E-state index contributed by atoms with van der Waals surface area (Å²) in [4.78, 5) is 12.6. The van der Waals surface area contributed by atoms with Crippen LogP contribution in [0.15, 0.2) is 22.7 Å². The lowest BCUT2D eigenvalue weighted by molar-refractivity contribution is -0.155. The number of hydrogen-bond acceptors (Lipinski definition) is 4. The van der Waals surface area contributed by atoms with Crippen LogP contribution in [0.3, 0.4) is 0 Å². The second kappa shape index (κ2) is 5.62. The van der Waals surface area contributed by atoms with Gasteiger partial charge in [0.2, 0.25) is 0 Å². The zero-order chi connectivity index (χ0) is 16.0. The molecule has 3 rings (SSSR count). The summed E-state index contributed by atoms with van der Waals surface area (Å²) in [5, 5.41) is 0. The molecule has 22 heavy (non-hydrogen) atoms. The van der Waals surface area contributed by atoms with Gasteiger partial charge in [-0.15, -0.1) is 0 Å². The molecule has 2 aliphatic rings. The van der Waals surface area contributed by atoms with Gasteiger partial charge in [0.1, 0.15) is 5.54 Å². The third-order valence-corrected chi connectivity index (χ3v) is 6.09. The van der Waals surface area contributed by atoms with Gasteiger partial charge < -0.3 is 15.2 Å². The normalized spacial score (nSPS) is 33.7. The minimum Gasteiger partial charge on any atom is -0.467 e. The summed E-state index contributed by atoms with van der Waals surface area (Å²) in [6.45, 7) is 0. The molecule has 0 aliphatic heterocycles. The van der Waals surface area contributed by atoms with Crippen LogP contribution in [0.25, 0.3) is 0 Å². The van der Waals surface area contributed by atoms with Gasteiger partial charge >= 0.3 is 5.97 Å². The third kappa shape index (κ3) is 2.14. The van der Waals surface area contributed by atoms with E-state index >= 15 is 0 Å². The fourth-order valence-corrected chi connectivity index (χ4v) is 4.66. The van der Waals surface area contributed by atoms with Crippen LogP contribution in [-0.4, -0.2) is 26.3 Å². The molecule has 2 aliphatic carbocycles. The maximum atomic E-state index is 12.6. The average Bonchev–Trinajstić information content (AvgIpc) is 2.77. The largest absolute Gasteiger partial charge is 0.467 e. The van der Waals surface area contributed by atoms with Gasteiger partial charge in [-0.05, 0) is 55.4 Å². The molecule has 5 heteroatoms. The maximum absolute atomic E-state index is 12.6. The molecule has 0 heterocycles. The number of benzene rings is 1. The number of hydrogen-bond donors (Lipinski definition) is 1. The molecule has 0 amide bonds. The molecule has 1 saturated carbocycles. The van der Waals surface area contributed by atoms with Crippen LogP contribution in [0.4, 0.5) is 0 Å². The quantitative estimate of drug-likeness (QED) is 0.816. The van der Waals surface area contributed by atoms with Gasteiger partial charge in [-0.25, -0.2) is 4.79 Å². The van der Waals surface area contributed by atoms with Gasteiger partial charge in [-0.1, -0.05) is 22.0 Å². The van der Waals surface area contributed by atoms with Crippen molar-refractivity contribution in [2.75, 3.05) is 14.2 Å². The SMILES string of the molecule is COC(=O)C1(N)c2cc(Br)ccc2CC12CCC(OC)CC2. The maximum Gasteiger partial charge on any atom is 0.331 e. The molecule has 1 spiro atoms. The predicted molar refractivity (Wildman–Crippen MR) is 87.4 cm³/mol. The van der Waals surface area contributed by atoms with E-state index in [1.54, 1.807) is 7.11 Å². The number of fused-ring (bicyclic) bond motifs is 1. The van der Waals surface area contributed by atoms with Crippen molar-refractivity contribution in [3.05, 3.63) is 33.8 Å². The first-order chi connectivity index (χ1) is 10.5. The molecule has 120 valence electrons. The Labute approximate surface area is 139 Å². The monoisotopic (exact) mass is 367 g/mol. The zero-order valence-electron chi connectivity index (χ0n) is 13.0. The van der Waals surface area contributed by atoms with E-state index in [9.17, 15) is 4.79 Å². The van der Waals surface area contributed by atoms with Crippen molar-refractivity contribution in [2.45, 2.75) is 43.7 Å². The van der Waals surface area contributed by atoms with Crippen molar-refractivity contribution in [1.82, 2.24) is 0 Å². The van der Waals surface area contributed by atoms with Crippen LogP contribution in [0, 0.1) is 5.41 Å². The Morgan fingerprint density at radius 3 is 2.59 bits per heavy atom. The van der Waals surface area contributed by atoms with E-state index in [0.717, 1.165) is 47.7 Å². The molecule has 0 aromatic heterocycles. The lowest BCUT2D eigenvalue weighted by Crippen LogP contribution is -2.58. The molecule has 0 radical (unpaired) electrons. The fourth-order valence-electron chi connectivity index (χ4n) is 4.30. The Morgan fingerprint density at radius 2 is 2.00 bits per heavy atom. The first kappa shape index (κ1) is 16.0. The Bertz CT molecular complexity index is 596. The van der Waals surface area contributed by atoms with E-state index in [0.29, 0.717) is 0 Å². The summed E-state index contributed by atoms with van der Waals surface area (Å²) in [6.07, 6.45) is 4.72.